The van der Waals surface area contributed by atoms with Crippen LogP contribution in [-0.4, -0.2) is 34.5 Å². The van der Waals surface area contributed by atoms with E-state index in [1.807, 2.05) is 0 Å². The number of carboxylic acids is 1. The number of nitrogens with zero attached hydrogens (tertiary/aromatic N) is 1. The minimum absolute atomic E-state index is 0.0256. The van der Waals surface area contributed by atoms with Gasteiger partial charge in [0.05, 0.1) is 12.8 Å². The average Bonchev–Trinajstić information content (AvgIpc) is 2.04. The van der Waals surface area contributed by atoms with Gasteiger partial charge in [0.1, 0.15) is 0 Å². The zero-order valence-corrected chi connectivity index (χ0v) is 8.49. The third-order valence-electron chi connectivity index (χ3n) is 1.92. The summed E-state index contributed by atoms with van der Waals surface area (Å²) in [6.45, 7) is 3.98. The van der Waals surface area contributed by atoms with Gasteiger partial charge in [-0.3, -0.25) is 9.59 Å². The van der Waals surface area contributed by atoms with Gasteiger partial charge in [-0.2, -0.15) is 0 Å². The first-order chi connectivity index (χ1) is 6.52. The lowest BCUT2D eigenvalue weighted by atomic mass is 10.2. The number of carboxylic acid groups (broad SMARTS) is 1. The molecule has 0 saturated heterocycles. The van der Waals surface area contributed by atoms with Crippen LogP contribution in [-0.2, 0) is 9.59 Å². The Balaban J connectivity index is 4.33. The number of carbonyl (C=O) groups is 2. The predicted molar refractivity (Wildman–Crippen MR) is 52.6 cm³/mol. The first-order valence-corrected chi connectivity index (χ1v) is 4.47. The Kier molecular flexibility index (Phi) is 5.38. The molecule has 0 aliphatic heterocycles. The molecule has 1 atom stereocenters. The summed E-state index contributed by atoms with van der Waals surface area (Å²) < 4.78 is 0. The minimum atomic E-state index is -0.913. The third kappa shape index (κ3) is 3.94. The van der Waals surface area contributed by atoms with E-state index in [1.54, 1.807) is 13.8 Å². The normalized spacial score (nSPS) is 11.5. The Morgan fingerprint density at radius 1 is 1.57 bits per heavy atom. The van der Waals surface area contributed by atoms with Crippen LogP contribution in [0.2, 0.25) is 0 Å². The molecule has 4 nitrogen and oxygen atoms in total. The lowest BCUT2D eigenvalue weighted by Crippen LogP contribution is -2.39. The molecule has 0 fully saturated rings. The van der Waals surface area contributed by atoms with E-state index in [9.17, 15) is 9.59 Å². The summed E-state index contributed by atoms with van der Waals surface area (Å²) in [5.41, 5.74) is 0. The quantitative estimate of drug-likeness (QED) is 0.661. The summed E-state index contributed by atoms with van der Waals surface area (Å²) in [6, 6.07) is -0.307. The molecule has 1 unspecified atom stereocenters. The van der Waals surface area contributed by atoms with Gasteiger partial charge in [0.15, 0.2) is 0 Å². The predicted octanol–water partition coefficient (Wildman–Crippen LogP) is 0.721. The van der Waals surface area contributed by atoms with Crippen molar-refractivity contribution in [2.24, 2.45) is 0 Å². The van der Waals surface area contributed by atoms with E-state index in [2.05, 4.69) is 5.92 Å². The van der Waals surface area contributed by atoms with Gasteiger partial charge in [0.25, 0.3) is 0 Å². The fraction of sp³-hybridized carbons (Fsp3) is 0.600. The molecule has 0 aliphatic carbocycles. The van der Waals surface area contributed by atoms with Crippen LogP contribution in [0.5, 0.6) is 0 Å². The summed E-state index contributed by atoms with van der Waals surface area (Å²) >= 11 is 0. The zero-order valence-electron chi connectivity index (χ0n) is 8.49. The second kappa shape index (κ2) is 6.03. The van der Waals surface area contributed by atoms with E-state index in [4.69, 9.17) is 11.5 Å². The lowest BCUT2D eigenvalue weighted by molar-refractivity contribution is -0.140. The molecule has 1 amide bonds. The summed E-state index contributed by atoms with van der Waals surface area (Å²) in [5, 5.41) is 8.56. The fourth-order valence-corrected chi connectivity index (χ4v) is 1.29. The molecule has 0 rings (SSSR count). The second-order valence-electron chi connectivity index (χ2n) is 3.01. The van der Waals surface area contributed by atoms with Crippen LogP contribution in [0.25, 0.3) is 0 Å². The Hall–Kier alpha value is -1.50. The molecule has 0 aromatic rings. The van der Waals surface area contributed by atoms with Gasteiger partial charge >= 0.3 is 5.97 Å². The van der Waals surface area contributed by atoms with E-state index in [1.165, 1.54) is 4.90 Å². The zero-order chi connectivity index (χ0) is 11.1. The summed E-state index contributed by atoms with van der Waals surface area (Å²) in [5.74, 6) is 1.15. The SMILES string of the molecule is C#CCC(=O)N(CC)C(C)CC(=O)O. The maximum absolute atomic E-state index is 11.4. The number of terminal acetylenes is 1. The van der Waals surface area contributed by atoms with Crippen molar-refractivity contribution in [1.82, 2.24) is 4.90 Å². The largest absolute Gasteiger partial charge is 0.481 e. The molecule has 14 heavy (non-hydrogen) atoms. The summed E-state index contributed by atoms with van der Waals surface area (Å²) in [7, 11) is 0. The van der Waals surface area contributed by atoms with Gasteiger partial charge in [-0.25, -0.2) is 0 Å². The van der Waals surface area contributed by atoms with Crippen molar-refractivity contribution < 1.29 is 14.7 Å². The van der Waals surface area contributed by atoms with Gasteiger partial charge in [-0.15, -0.1) is 6.42 Å². The third-order valence-corrected chi connectivity index (χ3v) is 1.92. The van der Waals surface area contributed by atoms with Crippen molar-refractivity contribution in [2.45, 2.75) is 32.7 Å². The number of carbonyl (C=O) groups excluding carboxylic acids is 1. The summed E-state index contributed by atoms with van der Waals surface area (Å²) in [4.78, 5) is 23.3. The fourth-order valence-electron chi connectivity index (χ4n) is 1.29. The van der Waals surface area contributed by atoms with Crippen LogP contribution in [0, 0.1) is 12.3 Å². The van der Waals surface area contributed by atoms with E-state index in [-0.39, 0.29) is 24.8 Å². The van der Waals surface area contributed by atoms with Crippen molar-refractivity contribution in [3.05, 3.63) is 0 Å². The Bertz CT molecular complexity index is 255. The van der Waals surface area contributed by atoms with E-state index in [0.29, 0.717) is 6.54 Å². The van der Waals surface area contributed by atoms with E-state index < -0.39 is 5.97 Å². The van der Waals surface area contributed by atoms with Gasteiger partial charge in [-0.1, -0.05) is 5.92 Å². The molecule has 1 N–H and O–H groups in total. The van der Waals surface area contributed by atoms with Gasteiger partial charge in [0.2, 0.25) is 5.91 Å². The number of hydrogen-bond acceptors (Lipinski definition) is 2. The van der Waals surface area contributed by atoms with Crippen LogP contribution in [0.3, 0.4) is 0 Å². The topological polar surface area (TPSA) is 57.6 Å². The Labute approximate surface area is 83.9 Å². The van der Waals surface area contributed by atoms with Crippen LogP contribution in [0.1, 0.15) is 26.7 Å². The second-order valence-corrected chi connectivity index (χ2v) is 3.01. The lowest BCUT2D eigenvalue weighted by Gasteiger charge is -2.26. The number of hydrogen-bond donors (Lipinski definition) is 1. The minimum Gasteiger partial charge on any atom is -0.481 e. The van der Waals surface area contributed by atoms with Crippen molar-refractivity contribution >= 4 is 11.9 Å². The van der Waals surface area contributed by atoms with Crippen LogP contribution in [0.15, 0.2) is 0 Å². The van der Waals surface area contributed by atoms with Crippen molar-refractivity contribution in [2.75, 3.05) is 6.54 Å². The van der Waals surface area contributed by atoms with Crippen LogP contribution in [0.4, 0.5) is 0 Å². The smallest absolute Gasteiger partial charge is 0.305 e. The maximum atomic E-state index is 11.4. The Morgan fingerprint density at radius 2 is 2.14 bits per heavy atom. The average molecular weight is 197 g/mol. The van der Waals surface area contributed by atoms with E-state index in [0.717, 1.165) is 0 Å². The van der Waals surface area contributed by atoms with Crippen molar-refractivity contribution in [3.8, 4) is 12.3 Å². The van der Waals surface area contributed by atoms with Crippen molar-refractivity contribution in [1.29, 1.82) is 0 Å². The van der Waals surface area contributed by atoms with Crippen LogP contribution >= 0.6 is 0 Å². The van der Waals surface area contributed by atoms with Gasteiger partial charge < -0.3 is 10.0 Å². The highest BCUT2D eigenvalue weighted by atomic mass is 16.4. The highest BCUT2D eigenvalue weighted by Gasteiger charge is 2.19. The van der Waals surface area contributed by atoms with Gasteiger partial charge in [-0.05, 0) is 13.8 Å². The van der Waals surface area contributed by atoms with Crippen LogP contribution < -0.4 is 0 Å². The highest BCUT2D eigenvalue weighted by molar-refractivity contribution is 5.79. The first-order valence-electron chi connectivity index (χ1n) is 4.47. The molecular formula is C10H15NO3. The maximum Gasteiger partial charge on any atom is 0.305 e. The molecule has 0 heterocycles. The van der Waals surface area contributed by atoms with Crippen molar-refractivity contribution in [3.63, 3.8) is 0 Å². The summed E-state index contributed by atoms with van der Waals surface area (Å²) in [6.07, 6.45) is 4.98. The molecule has 0 aromatic heterocycles. The molecule has 78 valence electrons. The molecule has 0 radical (unpaired) electrons. The van der Waals surface area contributed by atoms with Gasteiger partial charge in [0, 0.05) is 12.6 Å². The molecule has 0 aromatic carbocycles. The molecular weight excluding hydrogens is 182 g/mol. The Morgan fingerprint density at radius 3 is 2.50 bits per heavy atom. The molecule has 0 aliphatic rings. The molecule has 0 spiro atoms. The molecule has 4 heteroatoms. The van der Waals surface area contributed by atoms with E-state index >= 15 is 0 Å². The number of aliphatic carboxylic acids is 1. The number of rotatable bonds is 5. The molecule has 0 saturated carbocycles. The highest BCUT2D eigenvalue weighted by Crippen LogP contribution is 2.05. The standard InChI is InChI=1S/C10H15NO3/c1-4-6-9(12)11(5-2)8(3)7-10(13)14/h1,8H,5-7H2,2-3H3,(H,13,14). The monoisotopic (exact) mass is 197 g/mol. The molecule has 0 bridgehead atoms. The number of amides is 1. The first kappa shape index (κ1) is 12.5.